The van der Waals surface area contributed by atoms with Crippen molar-refractivity contribution in [1.29, 1.82) is 0 Å². The van der Waals surface area contributed by atoms with Crippen molar-refractivity contribution in [2.75, 3.05) is 39.3 Å². The Balaban J connectivity index is 3.45. The standard InChI is InChI=1S/C24H34F17N2O2S/c1-3-5-7-9-13-43(14-10-8-6-4-2)15-11-42(12-16-43)46(44,45)24(40,41)22(35,36)20(31,32)18(27,28)17(25,26)19(29,30)21(33,34)23(37,38)39/h3-16H2,1-2H3/q+1. The molecule has 1 fully saturated rings. The Hall–Kier alpha value is -1.32. The van der Waals surface area contributed by atoms with Gasteiger partial charge in [-0.25, -0.2) is 8.42 Å². The molecule has 0 bridgehead atoms. The van der Waals surface area contributed by atoms with Crippen molar-refractivity contribution < 1.29 is 87.5 Å². The minimum Gasteiger partial charge on any atom is -0.321 e. The van der Waals surface area contributed by atoms with E-state index in [1.165, 1.54) is 0 Å². The molecule has 4 nitrogen and oxygen atoms in total. The zero-order valence-electron chi connectivity index (χ0n) is 24.4. The van der Waals surface area contributed by atoms with Crippen LogP contribution in [0, 0.1) is 0 Å². The Morgan fingerprint density at radius 1 is 0.500 bits per heavy atom. The van der Waals surface area contributed by atoms with Crippen LogP contribution in [0.3, 0.4) is 0 Å². The van der Waals surface area contributed by atoms with E-state index in [9.17, 15) is 83.1 Å². The van der Waals surface area contributed by atoms with Crippen LogP contribution in [0.5, 0.6) is 0 Å². The maximum absolute atomic E-state index is 14.7. The zero-order valence-corrected chi connectivity index (χ0v) is 25.3. The lowest BCUT2D eigenvalue weighted by atomic mass is 9.91. The van der Waals surface area contributed by atoms with E-state index in [0.29, 0.717) is 38.8 Å². The van der Waals surface area contributed by atoms with Gasteiger partial charge < -0.3 is 4.48 Å². The van der Waals surface area contributed by atoms with E-state index < -0.39 is 74.4 Å². The fourth-order valence-corrected chi connectivity index (χ4v) is 6.31. The monoisotopic (exact) mass is 737 g/mol. The predicted molar refractivity (Wildman–Crippen MR) is 129 cm³/mol. The smallest absolute Gasteiger partial charge is 0.321 e. The highest BCUT2D eigenvalue weighted by atomic mass is 32.2. The molecule has 0 aromatic carbocycles. The van der Waals surface area contributed by atoms with Gasteiger partial charge in [0.2, 0.25) is 0 Å². The number of sulfonamides is 1. The average Bonchev–Trinajstić information content (AvgIpc) is 2.92. The third-order valence-electron chi connectivity index (χ3n) is 7.98. The number of piperazine rings is 1. The molecule has 0 saturated carbocycles. The first-order valence-electron chi connectivity index (χ1n) is 14.0. The van der Waals surface area contributed by atoms with Gasteiger partial charge in [0.05, 0.1) is 39.3 Å². The van der Waals surface area contributed by atoms with Gasteiger partial charge in [0.25, 0.3) is 10.0 Å². The third-order valence-corrected chi connectivity index (χ3v) is 9.93. The van der Waals surface area contributed by atoms with Crippen molar-refractivity contribution in [3.63, 3.8) is 0 Å². The molecule has 1 aliphatic rings. The SMILES string of the molecule is CCCCCC[N+]1(CCCCCC)CCN(S(=O)(=O)C(F)(F)C(F)(F)C(F)(F)C(F)(F)C(F)(F)C(F)(F)C(F)(F)C(F)(F)F)CC1. The molecule has 0 aromatic rings. The van der Waals surface area contributed by atoms with Crippen LogP contribution in [-0.2, 0) is 10.0 Å². The minimum absolute atomic E-state index is 0.0599. The van der Waals surface area contributed by atoms with Crippen LogP contribution in [-0.4, -0.2) is 103 Å². The van der Waals surface area contributed by atoms with Gasteiger partial charge in [-0.3, -0.25) is 0 Å². The lowest BCUT2D eigenvalue weighted by Crippen LogP contribution is -2.75. The number of alkyl halides is 17. The third kappa shape index (κ3) is 7.03. The van der Waals surface area contributed by atoms with Crippen molar-refractivity contribution >= 4 is 10.0 Å². The molecular weight excluding hydrogens is 703 g/mol. The van der Waals surface area contributed by atoms with E-state index in [-0.39, 0.29) is 17.6 Å². The van der Waals surface area contributed by atoms with Gasteiger partial charge in [0.1, 0.15) is 0 Å². The van der Waals surface area contributed by atoms with Crippen LogP contribution in [0.1, 0.15) is 65.2 Å². The fraction of sp³-hybridized carbons (Fsp3) is 1.00. The molecule has 0 unspecified atom stereocenters. The maximum Gasteiger partial charge on any atom is 0.460 e. The molecule has 46 heavy (non-hydrogen) atoms. The topological polar surface area (TPSA) is 37.4 Å². The Morgan fingerprint density at radius 3 is 1.15 bits per heavy atom. The van der Waals surface area contributed by atoms with E-state index in [1.54, 1.807) is 0 Å². The van der Waals surface area contributed by atoms with Gasteiger partial charge in [-0.1, -0.05) is 39.5 Å². The molecule has 0 aromatic heterocycles. The molecule has 1 aliphatic heterocycles. The number of nitrogens with zero attached hydrogens (tertiary/aromatic N) is 2. The number of quaternary nitrogens is 1. The molecule has 0 N–H and O–H groups in total. The van der Waals surface area contributed by atoms with E-state index in [4.69, 9.17) is 0 Å². The van der Waals surface area contributed by atoms with E-state index in [0.717, 1.165) is 25.7 Å². The minimum atomic E-state index is -8.83. The Bertz CT molecular complexity index is 1090. The van der Waals surface area contributed by atoms with Crippen molar-refractivity contribution in [2.24, 2.45) is 0 Å². The Kier molecular flexibility index (Phi) is 12.9. The van der Waals surface area contributed by atoms with Crippen molar-refractivity contribution in [2.45, 2.75) is 112 Å². The van der Waals surface area contributed by atoms with Crippen molar-refractivity contribution in [1.82, 2.24) is 4.31 Å². The highest BCUT2D eigenvalue weighted by Gasteiger charge is 2.96. The normalized spacial score (nSPS) is 18.7. The summed E-state index contributed by atoms with van der Waals surface area (Å²) in [6.45, 7) is 1.54. The fourth-order valence-electron chi connectivity index (χ4n) is 4.89. The van der Waals surface area contributed by atoms with Crippen LogP contribution in [0.25, 0.3) is 0 Å². The second-order valence-electron chi connectivity index (χ2n) is 11.2. The van der Waals surface area contributed by atoms with Gasteiger partial charge in [0.15, 0.2) is 0 Å². The summed E-state index contributed by atoms with van der Waals surface area (Å²) >= 11 is 0. The predicted octanol–water partition coefficient (Wildman–Crippen LogP) is 8.58. The Morgan fingerprint density at radius 2 is 0.826 bits per heavy atom. The van der Waals surface area contributed by atoms with Gasteiger partial charge in [-0.05, 0) is 25.7 Å². The molecule has 1 rings (SSSR count). The summed E-state index contributed by atoms with van der Waals surface area (Å²) in [5, 5.41) is -7.50. The number of rotatable bonds is 18. The molecule has 0 aliphatic carbocycles. The molecule has 1 heterocycles. The summed E-state index contributed by atoms with van der Waals surface area (Å²) in [5.41, 5.74) is 0. The van der Waals surface area contributed by atoms with Gasteiger partial charge >= 0.3 is 47.0 Å². The molecular formula is C24H34F17N2O2S+. The van der Waals surface area contributed by atoms with E-state index in [2.05, 4.69) is 0 Å². The molecule has 0 radical (unpaired) electrons. The van der Waals surface area contributed by atoms with Crippen LogP contribution in [0.15, 0.2) is 0 Å². The summed E-state index contributed by atoms with van der Waals surface area (Å²) in [6, 6.07) is 0. The number of hydrogen-bond acceptors (Lipinski definition) is 2. The van der Waals surface area contributed by atoms with Crippen LogP contribution in [0.4, 0.5) is 74.6 Å². The lowest BCUT2D eigenvalue weighted by molar-refractivity contribution is -0.931. The quantitative estimate of drug-likeness (QED) is 0.0804. The first kappa shape index (κ1) is 42.7. The Labute approximate surface area is 253 Å². The maximum atomic E-state index is 14.7. The first-order valence-corrected chi connectivity index (χ1v) is 15.4. The first-order chi connectivity index (χ1) is 20.4. The number of unbranched alkanes of at least 4 members (excludes halogenated alkanes) is 6. The second-order valence-corrected chi connectivity index (χ2v) is 13.2. The average molecular weight is 738 g/mol. The summed E-state index contributed by atoms with van der Waals surface area (Å²) in [7, 11) is -7.24. The second kappa shape index (κ2) is 13.9. The van der Waals surface area contributed by atoms with Crippen molar-refractivity contribution in [3.05, 3.63) is 0 Å². The van der Waals surface area contributed by atoms with Crippen LogP contribution in [0.2, 0.25) is 0 Å². The molecule has 22 heteroatoms. The van der Waals surface area contributed by atoms with Crippen LogP contribution < -0.4 is 0 Å². The van der Waals surface area contributed by atoms with Gasteiger partial charge in [0, 0.05) is 0 Å². The zero-order chi connectivity index (χ0) is 36.5. The van der Waals surface area contributed by atoms with Gasteiger partial charge in [-0.15, -0.1) is 0 Å². The molecule has 1 saturated heterocycles. The summed E-state index contributed by atoms with van der Waals surface area (Å²) in [6.07, 6.45) is -2.18. The lowest BCUT2D eigenvalue weighted by Gasteiger charge is -2.46. The van der Waals surface area contributed by atoms with Gasteiger partial charge in [-0.2, -0.15) is 78.9 Å². The highest BCUT2D eigenvalue weighted by molar-refractivity contribution is 7.90. The summed E-state index contributed by atoms with van der Waals surface area (Å²) in [4.78, 5) is 0. The number of hydrogen-bond donors (Lipinski definition) is 0. The summed E-state index contributed by atoms with van der Waals surface area (Å²) < 4.78 is 256. The molecule has 0 spiro atoms. The van der Waals surface area contributed by atoms with Crippen LogP contribution >= 0.6 is 0 Å². The highest BCUT2D eigenvalue weighted by Crippen LogP contribution is 2.64. The van der Waals surface area contributed by atoms with Crippen molar-refractivity contribution in [3.8, 4) is 0 Å². The molecule has 0 atom stereocenters. The number of halogens is 17. The molecule has 276 valence electrons. The van der Waals surface area contributed by atoms with E-state index >= 15 is 0 Å². The molecule has 0 amide bonds. The summed E-state index contributed by atoms with van der Waals surface area (Å²) in [5.74, 6) is -51.5. The largest absolute Gasteiger partial charge is 0.460 e. The van der Waals surface area contributed by atoms with E-state index in [1.807, 2.05) is 13.8 Å².